The van der Waals surface area contributed by atoms with Crippen molar-refractivity contribution in [3.8, 4) is 0 Å². The van der Waals surface area contributed by atoms with Crippen molar-refractivity contribution in [2.75, 3.05) is 0 Å². The molecule has 0 aliphatic heterocycles. The lowest BCUT2D eigenvalue weighted by atomic mass is 9.73. The quantitative estimate of drug-likeness (QED) is 0.552. The first-order valence-electron chi connectivity index (χ1n) is 5.70. The van der Waals surface area contributed by atoms with Gasteiger partial charge in [0.15, 0.2) is 0 Å². The lowest BCUT2D eigenvalue weighted by Gasteiger charge is -2.32. The molecule has 2 saturated carbocycles. The molecule has 68 valence electrons. The van der Waals surface area contributed by atoms with Gasteiger partial charge in [0.05, 0.1) is 0 Å². The third-order valence-electron chi connectivity index (χ3n) is 3.57. The normalized spacial score (nSPS) is 29.0. The van der Waals surface area contributed by atoms with Gasteiger partial charge in [0.2, 0.25) is 0 Å². The lowest BCUT2D eigenvalue weighted by molar-refractivity contribution is 0.239. The van der Waals surface area contributed by atoms with E-state index >= 15 is 0 Å². The minimum Gasteiger partial charge on any atom is -0.0533 e. The third kappa shape index (κ3) is 2.02. The Balaban J connectivity index is 1.80. The molecule has 0 heterocycles. The van der Waals surface area contributed by atoms with E-state index in [0.29, 0.717) is 0 Å². The molecule has 0 bridgehead atoms. The van der Waals surface area contributed by atoms with Crippen molar-refractivity contribution in [3.05, 3.63) is 6.42 Å². The molecule has 1 atom stereocenters. The van der Waals surface area contributed by atoms with Gasteiger partial charge in [0, 0.05) is 0 Å². The second kappa shape index (κ2) is 4.30. The molecule has 0 aromatic heterocycles. The summed E-state index contributed by atoms with van der Waals surface area (Å²) >= 11 is 0. The Morgan fingerprint density at radius 3 is 2.17 bits per heavy atom. The van der Waals surface area contributed by atoms with Crippen LogP contribution in [0.1, 0.15) is 57.8 Å². The first-order valence-corrected chi connectivity index (χ1v) is 5.70. The lowest BCUT2D eigenvalue weighted by Crippen LogP contribution is -2.20. The summed E-state index contributed by atoms with van der Waals surface area (Å²) in [5.74, 6) is 1.91. The van der Waals surface area contributed by atoms with Gasteiger partial charge >= 0.3 is 0 Å². The predicted molar refractivity (Wildman–Crippen MR) is 51.8 cm³/mol. The van der Waals surface area contributed by atoms with E-state index in [1.54, 1.807) is 0 Å². The van der Waals surface area contributed by atoms with Crippen molar-refractivity contribution in [1.29, 1.82) is 0 Å². The molecule has 0 aromatic rings. The van der Waals surface area contributed by atoms with Crippen LogP contribution in [0, 0.1) is 18.3 Å². The van der Waals surface area contributed by atoms with Gasteiger partial charge in [-0.15, -0.1) is 0 Å². The second-order valence-electron chi connectivity index (χ2n) is 4.45. The Morgan fingerprint density at radius 1 is 0.750 bits per heavy atom. The molecule has 0 N–H and O–H groups in total. The maximum absolute atomic E-state index is 3.69. The Bertz CT molecular complexity index is 100. The second-order valence-corrected chi connectivity index (χ2v) is 4.45. The Kier molecular flexibility index (Phi) is 3.08. The van der Waals surface area contributed by atoms with Crippen LogP contribution in [0.15, 0.2) is 0 Å². The van der Waals surface area contributed by atoms with E-state index in [4.69, 9.17) is 0 Å². The molecule has 12 heavy (non-hydrogen) atoms. The van der Waals surface area contributed by atoms with E-state index in [2.05, 4.69) is 6.42 Å². The van der Waals surface area contributed by atoms with Gasteiger partial charge in [-0.25, -0.2) is 0 Å². The molecule has 2 fully saturated rings. The van der Waals surface area contributed by atoms with E-state index < -0.39 is 0 Å². The van der Waals surface area contributed by atoms with E-state index in [0.717, 1.165) is 11.8 Å². The van der Waals surface area contributed by atoms with E-state index in [1.807, 2.05) is 0 Å². The van der Waals surface area contributed by atoms with Gasteiger partial charge in [-0.2, -0.15) is 0 Å². The fourth-order valence-electron chi connectivity index (χ4n) is 2.82. The summed E-state index contributed by atoms with van der Waals surface area (Å²) in [5.41, 5.74) is 0. The van der Waals surface area contributed by atoms with Gasteiger partial charge < -0.3 is 0 Å². The van der Waals surface area contributed by atoms with Gasteiger partial charge in [-0.1, -0.05) is 44.9 Å². The van der Waals surface area contributed by atoms with Crippen molar-refractivity contribution in [2.45, 2.75) is 57.8 Å². The minimum absolute atomic E-state index is 0.888. The molecule has 0 amide bonds. The van der Waals surface area contributed by atoms with Crippen LogP contribution < -0.4 is 0 Å². The van der Waals surface area contributed by atoms with Crippen LogP contribution in [0.2, 0.25) is 0 Å². The van der Waals surface area contributed by atoms with Crippen LogP contribution in [-0.2, 0) is 0 Å². The monoisotopic (exact) mass is 164 g/mol. The molecular weight excluding hydrogens is 144 g/mol. The molecule has 2 aliphatic carbocycles. The number of rotatable bonds is 1. The first kappa shape index (κ1) is 8.59. The van der Waals surface area contributed by atoms with Gasteiger partial charge in [-0.05, 0) is 31.1 Å². The largest absolute Gasteiger partial charge is 0.0533 e. The molecule has 0 nitrogen and oxygen atoms in total. The molecule has 0 saturated heterocycles. The molecule has 1 unspecified atom stereocenters. The van der Waals surface area contributed by atoms with E-state index in [-0.39, 0.29) is 0 Å². The van der Waals surface area contributed by atoms with Crippen molar-refractivity contribution >= 4 is 0 Å². The van der Waals surface area contributed by atoms with Crippen LogP contribution in [0.25, 0.3) is 0 Å². The molecule has 0 spiro atoms. The summed E-state index contributed by atoms with van der Waals surface area (Å²) < 4.78 is 0. The van der Waals surface area contributed by atoms with Gasteiger partial charge in [0.25, 0.3) is 0 Å². The molecule has 0 aromatic carbocycles. The Hall–Kier alpha value is 0. The SMILES string of the molecule is [C]1CCCCC1C1CCCCC1. The summed E-state index contributed by atoms with van der Waals surface area (Å²) in [6.07, 6.45) is 16.8. The zero-order chi connectivity index (χ0) is 8.23. The summed E-state index contributed by atoms with van der Waals surface area (Å²) in [5, 5.41) is 0. The standard InChI is InChI=1S/C12H20/c1-3-7-11(8-4-1)12-9-5-2-6-10-12/h11-12H,1-9H2. The fourth-order valence-corrected chi connectivity index (χ4v) is 2.82. The zero-order valence-corrected chi connectivity index (χ0v) is 8.02. The average Bonchev–Trinajstić information content (AvgIpc) is 2.21. The molecular formula is C12H20. The highest BCUT2D eigenvalue weighted by molar-refractivity contribution is 4.87. The van der Waals surface area contributed by atoms with Crippen molar-refractivity contribution in [3.63, 3.8) is 0 Å². The topological polar surface area (TPSA) is 0 Å². The smallest absolute Gasteiger partial charge is 0.0137 e. The highest BCUT2D eigenvalue weighted by Crippen LogP contribution is 2.37. The maximum Gasteiger partial charge on any atom is -0.0137 e. The van der Waals surface area contributed by atoms with Crippen LogP contribution in [0.4, 0.5) is 0 Å². The summed E-state index contributed by atoms with van der Waals surface area (Å²) in [6.45, 7) is 0. The van der Waals surface area contributed by atoms with E-state index in [1.165, 1.54) is 57.8 Å². The minimum atomic E-state index is 0.888. The van der Waals surface area contributed by atoms with Gasteiger partial charge in [0.1, 0.15) is 0 Å². The summed E-state index contributed by atoms with van der Waals surface area (Å²) in [4.78, 5) is 0. The Labute approximate surface area is 76.7 Å². The highest BCUT2D eigenvalue weighted by atomic mass is 14.3. The molecule has 2 rings (SSSR count). The van der Waals surface area contributed by atoms with Crippen molar-refractivity contribution in [1.82, 2.24) is 0 Å². The van der Waals surface area contributed by atoms with Crippen molar-refractivity contribution < 1.29 is 0 Å². The van der Waals surface area contributed by atoms with Gasteiger partial charge in [-0.3, -0.25) is 0 Å². The fraction of sp³-hybridized carbons (Fsp3) is 0.917. The van der Waals surface area contributed by atoms with Crippen LogP contribution in [-0.4, -0.2) is 0 Å². The first-order chi connectivity index (χ1) is 5.97. The maximum atomic E-state index is 3.69. The highest BCUT2D eigenvalue weighted by Gasteiger charge is 2.24. The molecule has 2 aliphatic rings. The zero-order valence-electron chi connectivity index (χ0n) is 8.02. The third-order valence-corrected chi connectivity index (χ3v) is 3.57. The van der Waals surface area contributed by atoms with Crippen LogP contribution in [0.3, 0.4) is 0 Å². The average molecular weight is 164 g/mol. The summed E-state index contributed by atoms with van der Waals surface area (Å²) in [7, 11) is 0. The molecule has 2 radical (unpaired) electrons. The van der Waals surface area contributed by atoms with Crippen LogP contribution in [0.5, 0.6) is 0 Å². The molecule has 0 heteroatoms. The number of hydrogen-bond donors (Lipinski definition) is 0. The Morgan fingerprint density at radius 2 is 1.50 bits per heavy atom. The van der Waals surface area contributed by atoms with Crippen molar-refractivity contribution in [2.24, 2.45) is 11.8 Å². The number of hydrogen-bond acceptors (Lipinski definition) is 0. The summed E-state index contributed by atoms with van der Waals surface area (Å²) in [6, 6.07) is 0. The van der Waals surface area contributed by atoms with Crippen LogP contribution >= 0.6 is 0 Å². The predicted octanol–water partition coefficient (Wildman–Crippen LogP) is 3.84. The van der Waals surface area contributed by atoms with E-state index in [9.17, 15) is 0 Å².